The molecule has 4 N–H and O–H groups in total. The van der Waals surface area contributed by atoms with Crippen LogP contribution in [0.25, 0.3) is 0 Å². The Morgan fingerprint density at radius 3 is 2.08 bits per heavy atom. The van der Waals surface area contributed by atoms with Gasteiger partial charge < -0.3 is 10.9 Å². The fraction of sp³-hybridized carbons (Fsp3) is 0.647. The maximum absolute atomic E-state index is 10.4. The van der Waals surface area contributed by atoms with E-state index in [4.69, 9.17) is 9.29 Å². The van der Waals surface area contributed by atoms with E-state index < -0.39 is 10.4 Å². The van der Waals surface area contributed by atoms with Crippen LogP contribution < -0.4 is 10.9 Å². The highest BCUT2D eigenvalue weighted by Gasteiger charge is 2.03. The fourth-order valence-corrected chi connectivity index (χ4v) is 2.62. The van der Waals surface area contributed by atoms with Crippen molar-refractivity contribution in [2.24, 2.45) is 0 Å². The molecule has 1 rings (SSSR count). The van der Waals surface area contributed by atoms with Gasteiger partial charge in [0.2, 0.25) is 0 Å². The Morgan fingerprint density at radius 2 is 1.50 bits per heavy atom. The Kier molecular flexibility index (Phi) is 12.5. The summed E-state index contributed by atoms with van der Waals surface area (Å²) < 4.78 is 38.7. The van der Waals surface area contributed by atoms with Crippen molar-refractivity contribution in [1.29, 1.82) is 0 Å². The molecule has 24 heavy (non-hydrogen) atoms. The SMILES string of the molecule is CCCCCCCCCc1ccc(OCCOS(=O)(=O)O)cc1.N. The second kappa shape index (κ2) is 13.2. The number of hydrogen-bond donors (Lipinski definition) is 2. The Bertz CT molecular complexity index is 516. The molecule has 0 bridgehead atoms. The molecule has 1 aromatic rings. The number of ether oxygens (including phenoxy) is 1. The van der Waals surface area contributed by atoms with Crippen LogP contribution in [0, 0.1) is 0 Å². The Hall–Kier alpha value is -1.15. The van der Waals surface area contributed by atoms with Gasteiger partial charge in [-0.05, 0) is 30.5 Å². The summed E-state index contributed by atoms with van der Waals surface area (Å²) in [6.07, 6.45) is 10.2. The topological polar surface area (TPSA) is 108 Å². The smallest absolute Gasteiger partial charge is 0.397 e. The Balaban J connectivity index is 0.00000529. The van der Waals surface area contributed by atoms with E-state index in [0.29, 0.717) is 5.75 Å². The van der Waals surface area contributed by atoms with Crippen LogP contribution in [-0.2, 0) is 21.0 Å². The van der Waals surface area contributed by atoms with Gasteiger partial charge in [-0.3, -0.25) is 4.55 Å². The van der Waals surface area contributed by atoms with Gasteiger partial charge in [0.05, 0.1) is 0 Å². The van der Waals surface area contributed by atoms with Gasteiger partial charge in [0.1, 0.15) is 19.0 Å². The van der Waals surface area contributed by atoms with E-state index in [2.05, 4.69) is 11.1 Å². The predicted octanol–water partition coefficient (Wildman–Crippen LogP) is 4.34. The lowest BCUT2D eigenvalue weighted by molar-refractivity contribution is 0.202. The molecular weight excluding hydrogens is 330 g/mol. The molecule has 0 aliphatic carbocycles. The maximum atomic E-state index is 10.4. The van der Waals surface area contributed by atoms with E-state index in [9.17, 15) is 8.42 Å². The largest absolute Gasteiger partial charge is 0.491 e. The van der Waals surface area contributed by atoms with Crippen molar-refractivity contribution in [3.8, 4) is 5.75 Å². The van der Waals surface area contributed by atoms with Gasteiger partial charge in [-0.1, -0.05) is 57.6 Å². The summed E-state index contributed by atoms with van der Waals surface area (Å²) >= 11 is 0. The van der Waals surface area contributed by atoms with E-state index in [0.717, 1.165) is 6.42 Å². The number of benzene rings is 1. The molecule has 0 aliphatic rings. The van der Waals surface area contributed by atoms with Crippen LogP contribution in [0.3, 0.4) is 0 Å². The van der Waals surface area contributed by atoms with Crippen LogP contribution in [0.2, 0.25) is 0 Å². The third-order valence-corrected chi connectivity index (χ3v) is 4.04. The maximum Gasteiger partial charge on any atom is 0.397 e. The van der Waals surface area contributed by atoms with Gasteiger partial charge in [-0.2, -0.15) is 8.42 Å². The molecule has 0 unspecified atom stereocenters. The molecule has 140 valence electrons. The van der Waals surface area contributed by atoms with Crippen LogP contribution in [0.1, 0.15) is 57.4 Å². The van der Waals surface area contributed by atoms with Gasteiger partial charge in [0, 0.05) is 0 Å². The van der Waals surface area contributed by atoms with E-state index >= 15 is 0 Å². The zero-order valence-electron chi connectivity index (χ0n) is 14.6. The first-order chi connectivity index (χ1) is 11.0. The van der Waals surface area contributed by atoms with Crippen molar-refractivity contribution < 1.29 is 21.9 Å². The molecular formula is C17H31NO5S. The number of unbranched alkanes of at least 4 members (excludes halogenated alkanes) is 6. The van der Waals surface area contributed by atoms with Crippen molar-refractivity contribution in [2.45, 2.75) is 58.3 Å². The minimum Gasteiger partial charge on any atom is -0.491 e. The fourth-order valence-electron chi connectivity index (χ4n) is 2.34. The van der Waals surface area contributed by atoms with Crippen LogP contribution in [0.5, 0.6) is 5.75 Å². The molecule has 0 amide bonds. The molecule has 0 fully saturated rings. The minimum atomic E-state index is -4.39. The first-order valence-corrected chi connectivity index (χ1v) is 9.71. The molecule has 0 atom stereocenters. The van der Waals surface area contributed by atoms with Crippen molar-refractivity contribution in [2.75, 3.05) is 13.2 Å². The summed E-state index contributed by atoms with van der Waals surface area (Å²) in [5.41, 5.74) is 1.28. The summed E-state index contributed by atoms with van der Waals surface area (Å²) in [6.45, 7) is 2.09. The molecule has 0 aliphatic heterocycles. The lowest BCUT2D eigenvalue weighted by Gasteiger charge is -2.07. The average Bonchev–Trinajstić information content (AvgIpc) is 2.51. The number of aryl methyl sites for hydroxylation is 1. The molecule has 1 aromatic carbocycles. The molecule has 7 heteroatoms. The summed E-state index contributed by atoms with van der Waals surface area (Å²) in [5, 5.41) is 0. The molecule has 0 saturated carbocycles. The third-order valence-electron chi connectivity index (χ3n) is 3.58. The predicted molar refractivity (Wildman–Crippen MR) is 96.2 cm³/mol. The number of hydrogen-bond acceptors (Lipinski definition) is 5. The summed E-state index contributed by atoms with van der Waals surface area (Å²) in [7, 11) is -4.39. The van der Waals surface area contributed by atoms with Crippen molar-refractivity contribution >= 4 is 10.4 Å². The Morgan fingerprint density at radius 1 is 0.917 bits per heavy atom. The summed E-state index contributed by atoms with van der Waals surface area (Å²) in [4.78, 5) is 0. The second-order valence-corrected chi connectivity index (χ2v) is 6.70. The Labute approximate surface area is 146 Å². The number of rotatable bonds is 13. The van der Waals surface area contributed by atoms with Crippen molar-refractivity contribution in [1.82, 2.24) is 6.15 Å². The quantitative estimate of drug-likeness (QED) is 0.400. The normalized spacial score (nSPS) is 11.1. The molecule has 0 spiro atoms. The van der Waals surface area contributed by atoms with E-state index in [1.807, 2.05) is 24.3 Å². The van der Waals surface area contributed by atoms with Crippen LogP contribution in [-0.4, -0.2) is 26.2 Å². The molecule has 0 heterocycles. The van der Waals surface area contributed by atoms with Crippen molar-refractivity contribution in [3.05, 3.63) is 29.8 Å². The van der Waals surface area contributed by atoms with E-state index in [1.165, 1.54) is 50.5 Å². The molecule has 6 nitrogen and oxygen atoms in total. The van der Waals surface area contributed by atoms with Crippen LogP contribution >= 0.6 is 0 Å². The lowest BCUT2D eigenvalue weighted by Crippen LogP contribution is -2.11. The van der Waals surface area contributed by atoms with E-state index in [1.54, 1.807) is 0 Å². The standard InChI is InChI=1S/C17H28O5S.H3N/c1-2-3-4-5-6-7-8-9-16-10-12-17(13-11-16)21-14-15-22-23(18,19)20;/h10-13H,2-9,14-15H2,1H3,(H,18,19,20);1H3. The van der Waals surface area contributed by atoms with Crippen LogP contribution in [0.15, 0.2) is 24.3 Å². The van der Waals surface area contributed by atoms with Gasteiger partial charge in [-0.25, -0.2) is 4.18 Å². The van der Waals surface area contributed by atoms with Crippen molar-refractivity contribution in [3.63, 3.8) is 0 Å². The van der Waals surface area contributed by atoms with Gasteiger partial charge in [0.25, 0.3) is 0 Å². The third kappa shape index (κ3) is 12.3. The highest BCUT2D eigenvalue weighted by atomic mass is 32.3. The molecule has 0 radical (unpaired) electrons. The first kappa shape index (κ1) is 22.9. The summed E-state index contributed by atoms with van der Waals surface area (Å²) in [5.74, 6) is 0.659. The first-order valence-electron chi connectivity index (χ1n) is 8.35. The monoisotopic (exact) mass is 361 g/mol. The highest BCUT2D eigenvalue weighted by molar-refractivity contribution is 7.80. The van der Waals surface area contributed by atoms with Crippen LogP contribution in [0.4, 0.5) is 0 Å². The van der Waals surface area contributed by atoms with Gasteiger partial charge >= 0.3 is 10.4 Å². The highest BCUT2D eigenvalue weighted by Crippen LogP contribution is 2.15. The van der Waals surface area contributed by atoms with Gasteiger partial charge in [-0.15, -0.1) is 0 Å². The second-order valence-electron chi connectivity index (χ2n) is 5.61. The lowest BCUT2D eigenvalue weighted by atomic mass is 10.0. The molecule has 0 aromatic heterocycles. The minimum absolute atomic E-state index is 0. The zero-order chi connectivity index (χ0) is 17.0. The zero-order valence-corrected chi connectivity index (χ0v) is 15.4. The van der Waals surface area contributed by atoms with Gasteiger partial charge in [0.15, 0.2) is 0 Å². The van der Waals surface area contributed by atoms with E-state index in [-0.39, 0.29) is 19.4 Å². The summed E-state index contributed by atoms with van der Waals surface area (Å²) in [6, 6.07) is 7.78. The molecule has 0 saturated heterocycles. The average molecular weight is 362 g/mol.